The highest BCUT2D eigenvalue weighted by molar-refractivity contribution is 5.89. The Kier molecular flexibility index (Phi) is 5.21. The zero-order valence-electron chi connectivity index (χ0n) is 15.9. The Morgan fingerprint density at radius 2 is 1.74 bits per heavy atom. The number of aromatic nitrogens is 3. The summed E-state index contributed by atoms with van der Waals surface area (Å²) in [4.78, 5) is 20.6. The minimum atomic E-state index is -0.276. The Labute approximate surface area is 158 Å². The Morgan fingerprint density at radius 1 is 1.07 bits per heavy atom. The van der Waals surface area contributed by atoms with E-state index in [4.69, 9.17) is 4.52 Å². The molecule has 0 bridgehead atoms. The summed E-state index contributed by atoms with van der Waals surface area (Å²) >= 11 is 0. The second-order valence-electron chi connectivity index (χ2n) is 7.35. The first-order chi connectivity index (χ1) is 12.8. The summed E-state index contributed by atoms with van der Waals surface area (Å²) in [7, 11) is 0. The van der Waals surface area contributed by atoms with E-state index in [1.807, 2.05) is 52.0 Å². The lowest BCUT2D eigenvalue weighted by molar-refractivity contribution is 0.249. The molecular weight excluding hydrogens is 342 g/mol. The molecule has 7 nitrogen and oxygen atoms in total. The number of carbonyl (C=O) groups is 1. The van der Waals surface area contributed by atoms with E-state index < -0.39 is 0 Å². The van der Waals surface area contributed by atoms with Crippen LogP contribution in [0.1, 0.15) is 45.2 Å². The average Bonchev–Trinajstić information content (AvgIpc) is 3.13. The van der Waals surface area contributed by atoms with Crippen molar-refractivity contribution < 1.29 is 9.32 Å². The van der Waals surface area contributed by atoms with Gasteiger partial charge < -0.3 is 15.2 Å². The summed E-state index contributed by atoms with van der Waals surface area (Å²) in [6.45, 7) is 7.97. The highest BCUT2D eigenvalue weighted by atomic mass is 16.5. The van der Waals surface area contributed by atoms with E-state index in [0.717, 1.165) is 11.1 Å². The van der Waals surface area contributed by atoms with Gasteiger partial charge in [-0.25, -0.2) is 4.79 Å². The maximum Gasteiger partial charge on any atom is 0.319 e. The van der Waals surface area contributed by atoms with Gasteiger partial charge in [0.15, 0.2) is 0 Å². The van der Waals surface area contributed by atoms with Gasteiger partial charge in [-0.15, -0.1) is 0 Å². The van der Waals surface area contributed by atoms with Gasteiger partial charge in [-0.05, 0) is 48.9 Å². The van der Waals surface area contributed by atoms with Crippen LogP contribution in [0.5, 0.6) is 0 Å². The maximum atomic E-state index is 12.2. The molecule has 0 saturated heterocycles. The molecule has 0 aliphatic heterocycles. The van der Waals surface area contributed by atoms with E-state index in [1.54, 1.807) is 24.5 Å². The standard InChI is InChI=1S/C20H23N5O2/c1-13(14-9-11-21-12-10-14)22-19(26)23-16-7-5-15(6-8-16)17-24-18(27-25-17)20(2,3)4/h5-13H,1-4H3,(H2,22,23,26). The molecule has 2 N–H and O–H groups in total. The predicted molar refractivity (Wildman–Crippen MR) is 103 cm³/mol. The summed E-state index contributed by atoms with van der Waals surface area (Å²) in [5, 5.41) is 9.74. The van der Waals surface area contributed by atoms with Gasteiger partial charge in [-0.2, -0.15) is 4.98 Å². The summed E-state index contributed by atoms with van der Waals surface area (Å²) in [5.74, 6) is 1.12. The molecule has 1 unspecified atom stereocenters. The first-order valence-corrected chi connectivity index (χ1v) is 8.75. The quantitative estimate of drug-likeness (QED) is 0.718. The summed E-state index contributed by atoms with van der Waals surface area (Å²) in [6, 6.07) is 10.6. The van der Waals surface area contributed by atoms with E-state index >= 15 is 0 Å². The number of pyridine rings is 1. The smallest absolute Gasteiger partial charge is 0.319 e. The molecule has 140 valence electrons. The molecule has 0 aliphatic carbocycles. The van der Waals surface area contributed by atoms with E-state index in [9.17, 15) is 4.79 Å². The van der Waals surface area contributed by atoms with Crippen molar-refractivity contribution in [1.29, 1.82) is 0 Å². The summed E-state index contributed by atoms with van der Waals surface area (Å²) < 4.78 is 5.32. The monoisotopic (exact) mass is 365 g/mol. The van der Waals surface area contributed by atoms with E-state index in [0.29, 0.717) is 17.4 Å². The lowest BCUT2D eigenvalue weighted by Crippen LogP contribution is -2.31. The van der Waals surface area contributed by atoms with Crippen molar-refractivity contribution in [2.45, 2.75) is 39.2 Å². The Hall–Kier alpha value is -3.22. The summed E-state index contributed by atoms with van der Waals surface area (Å²) in [6.07, 6.45) is 3.40. The molecule has 0 aliphatic rings. The topological polar surface area (TPSA) is 92.9 Å². The number of benzene rings is 1. The SMILES string of the molecule is CC(NC(=O)Nc1ccc(-c2noc(C(C)(C)C)n2)cc1)c1ccncc1. The minimum Gasteiger partial charge on any atom is -0.338 e. The molecule has 2 amide bonds. The van der Waals surface area contributed by atoms with E-state index in [-0.39, 0.29) is 17.5 Å². The van der Waals surface area contributed by atoms with Crippen LogP contribution in [0.25, 0.3) is 11.4 Å². The number of hydrogen-bond donors (Lipinski definition) is 2. The normalized spacial score (nSPS) is 12.4. The highest BCUT2D eigenvalue weighted by Crippen LogP contribution is 2.24. The number of amides is 2. The van der Waals surface area contributed by atoms with Crippen LogP contribution in [0.3, 0.4) is 0 Å². The van der Waals surface area contributed by atoms with Gasteiger partial charge in [0.1, 0.15) is 0 Å². The lowest BCUT2D eigenvalue weighted by atomic mass is 9.97. The van der Waals surface area contributed by atoms with Gasteiger partial charge in [0.05, 0.1) is 6.04 Å². The Morgan fingerprint density at radius 3 is 2.33 bits per heavy atom. The third kappa shape index (κ3) is 4.69. The third-order valence-corrected chi connectivity index (χ3v) is 4.02. The Balaban J connectivity index is 1.62. The predicted octanol–water partition coefficient (Wildman–Crippen LogP) is 4.31. The number of rotatable bonds is 4. The van der Waals surface area contributed by atoms with Crippen LogP contribution in [-0.4, -0.2) is 21.2 Å². The number of hydrogen-bond acceptors (Lipinski definition) is 5. The number of nitrogens with zero attached hydrogens (tertiary/aromatic N) is 3. The molecule has 7 heteroatoms. The van der Waals surface area contributed by atoms with Crippen molar-refractivity contribution in [3.05, 3.63) is 60.2 Å². The number of carbonyl (C=O) groups excluding carboxylic acids is 1. The molecule has 0 radical (unpaired) electrons. The number of nitrogens with one attached hydrogen (secondary N) is 2. The van der Waals surface area contributed by atoms with Crippen LogP contribution in [0.2, 0.25) is 0 Å². The molecule has 1 aromatic carbocycles. The fourth-order valence-electron chi connectivity index (χ4n) is 2.45. The van der Waals surface area contributed by atoms with Crippen molar-refractivity contribution in [2.75, 3.05) is 5.32 Å². The van der Waals surface area contributed by atoms with Crippen molar-refractivity contribution in [3.8, 4) is 11.4 Å². The largest absolute Gasteiger partial charge is 0.338 e. The van der Waals surface area contributed by atoms with Crippen LogP contribution < -0.4 is 10.6 Å². The number of anilines is 1. The van der Waals surface area contributed by atoms with E-state index in [2.05, 4.69) is 25.8 Å². The van der Waals surface area contributed by atoms with Gasteiger partial charge in [0, 0.05) is 29.1 Å². The van der Waals surface area contributed by atoms with Crippen LogP contribution in [-0.2, 0) is 5.41 Å². The second-order valence-corrected chi connectivity index (χ2v) is 7.35. The van der Waals surface area contributed by atoms with Gasteiger partial charge in [-0.1, -0.05) is 25.9 Å². The second kappa shape index (κ2) is 7.57. The van der Waals surface area contributed by atoms with Crippen molar-refractivity contribution in [2.24, 2.45) is 0 Å². The molecule has 2 heterocycles. The summed E-state index contributed by atoms with van der Waals surface area (Å²) in [5.41, 5.74) is 2.29. The minimum absolute atomic E-state index is 0.123. The molecule has 27 heavy (non-hydrogen) atoms. The van der Waals surface area contributed by atoms with Gasteiger partial charge >= 0.3 is 6.03 Å². The average molecular weight is 365 g/mol. The molecule has 0 spiro atoms. The fourth-order valence-corrected chi connectivity index (χ4v) is 2.45. The lowest BCUT2D eigenvalue weighted by Gasteiger charge is -2.15. The third-order valence-electron chi connectivity index (χ3n) is 4.02. The molecule has 0 saturated carbocycles. The van der Waals surface area contributed by atoms with E-state index in [1.165, 1.54) is 0 Å². The van der Waals surface area contributed by atoms with Crippen molar-refractivity contribution in [1.82, 2.24) is 20.4 Å². The Bertz CT molecular complexity index is 898. The van der Waals surface area contributed by atoms with Crippen LogP contribution >= 0.6 is 0 Å². The molecule has 3 aromatic rings. The van der Waals surface area contributed by atoms with Crippen molar-refractivity contribution >= 4 is 11.7 Å². The first-order valence-electron chi connectivity index (χ1n) is 8.75. The van der Waals surface area contributed by atoms with Gasteiger partial charge in [-0.3, -0.25) is 4.98 Å². The van der Waals surface area contributed by atoms with Gasteiger partial charge in [0.25, 0.3) is 0 Å². The molecule has 0 fully saturated rings. The molecule has 2 aromatic heterocycles. The van der Waals surface area contributed by atoms with Crippen molar-refractivity contribution in [3.63, 3.8) is 0 Å². The number of urea groups is 1. The van der Waals surface area contributed by atoms with Gasteiger partial charge in [0.2, 0.25) is 11.7 Å². The zero-order valence-corrected chi connectivity index (χ0v) is 15.9. The van der Waals surface area contributed by atoms with Crippen LogP contribution in [0, 0.1) is 0 Å². The highest BCUT2D eigenvalue weighted by Gasteiger charge is 2.22. The zero-order chi connectivity index (χ0) is 19.4. The first kappa shape index (κ1) is 18.6. The molecular formula is C20H23N5O2. The van der Waals surface area contributed by atoms with Crippen LogP contribution in [0.4, 0.5) is 10.5 Å². The van der Waals surface area contributed by atoms with Crippen LogP contribution in [0.15, 0.2) is 53.3 Å². The maximum absolute atomic E-state index is 12.2. The fraction of sp³-hybridized carbons (Fsp3) is 0.300. The molecule has 1 atom stereocenters. The molecule has 3 rings (SSSR count).